The Morgan fingerprint density at radius 2 is 2.15 bits per heavy atom. The molecule has 0 aromatic carbocycles. The number of nitrogens with two attached hydrogens (primary N) is 1. The van der Waals surface area contributed by atoms with Crippen LogP contribution >= 0.6 is 0 Å². The van der Waals surface area contributed by atoms with Crippen molar-refractivity contribution in [3.63, 3.8) is 0 Å². The van der Waals surface area contributed by atoms with Gasteiger partial charge in [-0.1, -0.05) is 6.92 Å². The lowest BCUT2D eigenvalue weighted by Gasteiger charge is -2.41. The highest BCUT2D eigenvalue weighted by Crippen LogP contribution is 2.30. The van der Waals surface area contributed by atoms with Crippen molar-refractivity contribution in [2.75, 3.05) is 0 Å². The van der Waals surface area contributed by atoms with Crippen molar-refractivity contribution in [2.45, 2.75) is 38.3 Å². The van der Waals surface area contributed by atoms with Crippen molar-refractivity contribution in [1.29, 1.82) is 0 Å². The Hall–Kier alpha value is -0.970. The van der Waals surface area contributed by atoms with Crippen LogP contribution < -0.4 is 22.0 Å². The monoisotopic (exact) mass is 183 g/mol. The SMILES string of the molecule is CC1CCC2(CC1)NN=C(N)NN2. The maximum absolute atomic E-state index is 5.47. The van der Waals surface area contributed by atoms with Crippen LogP contribution in [0.5, 0.6) is 0 Å². The summed E-state index contributed by atoms with van der Waals surface area (Å²) < 4.78 is 0. The third-order valence-corrected chi connectivity index (χ3v) is 2.95. The largest absolute Gasteiger partial charge is 0.367 e. The van der Waals surface area contributed by atoms with Gasteiger partial charge in [-0.05, 0) is 31.6 Å². The zero-order valence-corrected chi connectivity index (χ0v) is 7.93. The van der Waals surface area contributed by atoms with Crippen molar-refractivity contribution >= 4 is 5.96 Å². The van der Waals surface area contributed by atoms with Gasteiger partial charge in [0.1, 0.15) is 5.66 Å². The Labute approximate surface area is 78.1 Å². The lowest BCUT2D eigenvalue weighted by Crippen LogP contribution is -2.67. The van der Waals surface area contributed by atoms with E-state index in [9.17, 15) is 0 Å². The van der Waals surface area contributed by atoms with Crippen LogP contribution in [0.3, 0.4) is 0 Å². The van der Waals surface area contributed by atoms with Crippen LogP contribution in [0.4, 0.5) is 0 Å². The fraction of sp³-hybridized carbons (Fsp3) is 0.875. The highest BCUT2D eigenvalue weighted by Gasteiger charge is 2.35. The van der Waals surface area contributed by atoms with E-state index in [2.05, 4.69) is 28.3 Å². The van der Waals surface area contributed by atoms with Gasteiger partial charge < -0.3 is 5.73 Å². The molecule has 13 heavy (non-hydrogen) atoms. The third-order valence-electron chi connectivity index (χ3n) is 2.95. The Balaban J connectivity index is 1.99. The number of nitrogens with one attached hydrogen (secondary N) is 3. The smallest absolute Gasteiger partial charge is 0.225 e. The van der Waals surface area contributed by atoms with Crippen molar-refractivity contribution in [3.8, 4) is 0 Å². The van der Waals surface area contributed by atoms with Crippen molar-refractivity contribution in [1.82, 2.24) is 16.3 Å². The zero-order chi connectivity index (χ0) is 9.31. The molecule has 2 rings (SSSR count). The average molecular weight is 183 g/mol. The number of hydrazine groups is 1. The fourth-order valence-corrected chi connectivity index (χ4v) is 1.90. The minimum Gasteiger partial charge on any atom is -0.367 e. The van der Waals surface area contributed by atoms with E-state index >= 15 is 0 Å². The second kappa shape index (κ2) is 3.06. The summed E-state index contributed by atoms with van der Waals surface area (Å²) in [7, 11) is 0. The highest BCUT2D eigenvalue weighted by atomic mass is 15.6. The molecule has 0 saturated heterocycles. The molecule has 0 aromatic heterocycles. The first-order valence-corrected chi connectivity index (χ1v) is 4.84. The lowest BCUT2D eigenvalue weighted by atomic mass is 9.83. The van der Waals surface area contributed by atoms with Gasteiger partial charge in [0.15, 0.2) is 0 Å². The number of hydrazone groups is 1. The molecule has 2 aliphatic rings. The van der Waals surface area contributed by atoms with Gasteiger partial charge in [-0.2, -0.15) is 0 Å². The number of guanidine groups is 1. The van der Waals surface area contributed by atoms with Gasteiger partial charge in [0.25, 0.3) is 0 Å². The van der Waals surface area contributed by atoms with Crippen LogP contribution in [0.15, 0.2) is 5.10 Å². The van der Waals surface area contributed by atoms with Crippen LogP contribution in [0.2, 0.25) is 0 Å². The van der Waals surface area contributed by atoms with Crippen molar-refractivity contribution < 1.29 is 0 Å². The molecule has 1 saturated carbocycles. The molecule has 5 nitrogen and oxygen atoms in total. The van der Waals surface area contributed by atoms with Gasteiger partial charge in [0, 0.05) is 0 Å². The first-order valence-electron chi connectivity index (χ1n) is 4.84. The predicted molar refractivity (Wildman–Crippen MR) is 51.4 cm³/mol. The summed E-state index contributed by atoms with van der Waals surface area (Å²) in [6.45, 7) is 2.29. The normalized spacial score (nSPS) is 39.2. The van der Waals surface area contributed by atoms with E-state index in [1.807, 2.05) is 0 Å². The molecule has 0 radical (unpaired) electrons. The van der Waals surface area contributed by atoms with Crippen LogP contribution in [0, 0.1) is 5.92 Å². The summed E-state index contributed by atoms with van der Waals surface area (Å²) >= 11 is 0. The molecule has 0 amide bonds. The number of rotatable bonds is 0. The van der Waals surface area contributed by atoms with E-state index in [0.717, 1.165) is 18.8 Å². The molecule has 5 N–H and O–H groups in total. The molecule has 5 heteroatoms. The molecule has 0 unspecified atom stereocenters. The van der Waals surface area contributed by atoms with Gasteiger partial charge in [0.2, 0.25) is 5.96 Å². The maximum Gasteiger partial charge on any atom is 0.225 e. The second-order valence-corrected chi connectivity index (χ2v) is 4.12. The summed E-state index contributed by atoms with van der Waals surface area (Å²) in [4.78, 5) is 0. The quantitative estimate of drug-likeness (QED) is 0.420. The minimum atomic E-state index is -0.0601. The molecular formula is C8H17N5. The molecule has 1 fully saturated rings. The maximum atomic E-state index is 5.47. The standard InChI is InChI=1S/C8H17N5/c1-6-2-4-8(5-3-6)12-10-7(9)11-13-8/h6,12-13H,2-5H2,1H3,(H3,9,10,11). The van der Waals surface area contributed by atoms with Crippen LogP contribution in [-0.4, -0.2) is 11.6 Å². The average Bonchev–Trinajstić information content (AvgIpc) is 2.16. The van der Waals surface area contributed by atoms with E-state index in [0.29, 0.717) is 5.96 Å². The molecule has 74 valence electrons. The van der Waals surface area contributed by atoms with Gasteiger partial charge in [0.05, 0.1) is 0 Å². The van der Waals surface area contributed by atoms with E-state index in [4.69, 9.17) is 5.73 Å². The summed E-state index contributed by atoms with van der Waals surface area (Å²) in [5.74, 6) is 1.24. The van der Waals surface area contributed by atoms with Crippen molar-refractivity contribution in [2.24, 2.45) is 16.8 Å². The first kappa shape index (κ1) is 8.62. The molecule has 1 heterocycles. The molecule has 0 atom stereocenters. The van der Waals surface area contributed by atoms with Gasteiger partial charge in [-0.3, -0.25) is 10.9 Å². The molecule has 1 aliphatic carbocycles. The molecular weight excluding hydrogens is 166 g/mol. The fourth-order valence-electron chi connectivity index (χ4n) is 1.90. The Bertz CT molecular complexity index is 217. The summed E-state index contributed by atoms with van der Waals surface area (Å²) in [6, 6.07) is 0. The Kier molecular flexibility index (Phi) is 2.03. The summed E-state index contributed by atoms with van der Waals surface area (Å²) in [5, 5.41) is 4.00. The number of hydrogen-bond acceptors (Lipinski definition) is 5. The number of nitrogens with zero attached hydrogens (tertiary/aromatic N) is 1. The van der Waals surface area contributed by atoms with E-state index in [1.165, 1.54) is 12.8 Å². The number of hydrogen-bond donors (Lipinski definition) is 4. The van der Waals surface area contributed by atoms with Crippen LogP contribution in [0.1, 0.15) is 32.6 Å². The molecule has 0 aromatic rings. The highest BCUT2D eigenvalue weighted by molar-refractivity contribution is 5.77. The lowest BCUT2D eigenvalue weighted by molar-refractivity contribution is 0.137. The second-order valence-electron chi connectivity index (χ2n) is 4.12. The first-order chi connectivity index (χ1) is 6.20. The van der Waals surface area contributed by atoms with Crippen LogP contribution in [0.25, 0.3) is 0 Å². The van der Waals surface area contributed by atoms with E-state index in [1.54, 1.807) is 0 Å². The minimum absolute atomic E-state index is 0.0601. The van der Waals surface area contributed by atoms with E-state index < -0.39 is 0 Å². The van der Waals surface area contributed by atoms with E-state index in [-0.39, 0.29) is 5.66 Å². The Morgan fingerprint density at radius 3 is 2.69 bits per heavy atom. The Morgan fingerprint density at radius 1 is 1.46 bits per heavy atom. The predicted octanol–water partition coefficient (Wildman–Crippen LogP) is -0.180. The molecule has 0 bridgehead atoms. The topological polar surface area (TPSA) is 74.5 Å². The zero-order valence-electron chi connectivity index (χ0n) is 7.93. The van der Waals surface area contributed by atoms with Gasteiger partial charge in [-0.25, -0.2) is 5.43 Å². The third kappa shape index (κ3) is 1.70. The molecule has 1 aliphatic heterocycles. The molecule has 1 spiro atoms. The van der Waals surface area contributed by atoms with Gasteiger partial charge in [-0.15, -0.1) is 5.10 Å². The van der Waals surface area contributed by atoms with Crippen molar-refractivity contribution in [3.05, 3.63) is 0 Å². The summed E-state index contributed by atoms with van der Waals surface area (Å²) in [6.07, 6.45) is 4.66. The van der Waals surface area contributed by atoms with Crippen LogP contribution in [-0.2, 0) is 0 Å². The summed E-state index contributed by atoms with van der Waals surface area (Å²) in [5.41, 5.74) is 14.6. The van der Waals surface area contributed by atoms with Gasteiger partial charge >= 0.3 is 0 Å².